The van der Waals surface area contributed by atoms with E-state index in [0.29, 0.717) is 24.9 Å². The molecule has 0 aliphatic carbocycles. The standard InChI is InChI=1S/C15H30N4O3S/c1-16-15(18-12-14-5-9-22-10-6-14)17-11-13-3-7-19(8-4-13)23(2,20)21/h13-14H,3-12H2,1-2H3,(H2,16,17,18). The average molecular weight is 346 g/mol. The van der Waals surface area contributed by atoms with Gasteiger partial charge in [0.1, 0.15) is 0 Å². The first-order valence-electron chi connectivity index (χ1n) is 8.46. The van der Waals surface area contributed by atoms with Crippen molar-refractivity contribution in [3.8, 4) is 0 Å². The Morgan fingerprint density at radius 1 is 1.09 bits per heavy atom. The zero-order valence-electron chi connectivity index (χ0n) is 14.3. The highest BCUT2D eigenvalue weighted by Gasteiger charge is 2.24. The highest BCUT2D eigenvalue weighted by atomic mass is 32.2. The molecule has 0 bridgehead atoms. The summed E-state index contributed by atoms with van der Waals surface area (Å²) in [5.74, 6) is 1.98. The molecule has 0 saturated carbocycles. The molecule has 7 nitrogen and oxygen atoms in total. The van der Waals surface area contributed by atoms with Crippen molar-refractivity contribution in [3.05, 3.63) is 0 Å². The van der Waals surface area contributed by atoms with Gasteiger partial charge in [0.05, 0.1) is 6.26 Å². The van der Waals surface area contributed by atoms with Crippen molar-refractivity contribution in [1.82, 2.24) is 14.9 Å². The lowest BCUT2D eigenvalue weighted by Crippen LogP contribution is -2.45. The molecule has 2 N–H and O–H groups in total. The van der Waals surface area contributed by atoms with Crippen LogP contribution in [-0.4, -0.2) is 71.4 Å². The summed E-state index contributed by atoms with van der Waals surface area (Å²) >= 11 is 0. The molecular formula is C15H30N4O3S. The molecule has 2 heterocycles. The minimum absolute atomic E-state index is 0.495. The number of hydrogen-bond donors (Lipinski definition) is 2. The van der Waals surface area contributed by atoms with Crippen molar-refractivity contribution >= 4 is 16.0 Å². The second-order valence-electron chi connectivity index (χ2n) is 6.50. The van der Waals surface area contributed by atoms with Gasteiger partial charge in [-0.15, -0.1) is 0 Å². The summed E-state index contributed by atoms with van der Waals surface area (Å²) in [5, 5.41) is 6.76. The van der Waals surface area contributed by atoms with Crippen molar-refractivity contribution in [1.29, 1.82) is 0 Å². The summed E-state index contributed by atoms with van der Waals surface area (Å²) in [7, 11) is -1.26. The van der Waals surface area contributed by atoms with Crippen molar-refractivity contribution < 1.29 is 13.2 Å². The van der Waals surface area contributed by atoms with Crippen LogP contribution in [0.4, 0.5) is 0 Å². The Morgan fingerprint density at radius 2 is 1.61 bits per heavy atom. The van der Waals surface area contributed by atoms with Crippen LogP contribution >= 0.6 is 0 Å². The highest BCUT2D eigenvalue weighted by Crippen LogP contribution is 2.18. The molecule has 2 rings (SSSR count). The van der Waals surface area contributed by atoms with E-state index in [1.54, 1.807) is 11.4 Å². The Kier molecular flexibility index (Phi) is 7.10. The maximum atomic E-state index is 11.5. The van der Waals surface area contributed by atoms with Gasteiger partial charge in [0.2, 0.25) is 10.0 Å². The van der Waals surface area contributed by atoms with Crippen LogP contribution in [0.1, 0.15) is 25.7 Å². The first-order chi connectivity index (χ1) is 11.0. The lowest BCUT2D eigenvalue weighted by atomic mass is 9.98. The molecule has 0 aromatic rings. The summed E-state index contributed by atoms with van der Waals surface area (Å²) in [4.78, 5) is 4.27. The number of hydrogen-bond acceptors (Lipinski definition) is 4. The van der Waals surface area contributed by atoms with E-state index in [1.165, 1.54) is 6.26 Å². The Hall–Kier alpha value is -0.860. The van der Waals surface area contributed by atoms with Crippen LogP contribution < -0.4 is 10.6 Å². The predicted octanol–water partition coefficient (Wildman–Crippen LogP) is 0.250. The van der Waals surface area contributed by atoms with Gasteiger partial charge in [-0.25, -0.2) is 12.7 Å². The van der Waals surface area contributed by atoms with Crippen LogP contribution in [0.3, 0.4) is 0 Å². The zero-order chi connectivity index (χ0) is 16.7. The maximum Gasteiger partial charge on any atom is 0.211 e. The molecular weight excluding hydrogens is 316 g/mol. The van der Waals surface area contributed by atoms with E-state index in [2.05, 4.69) is 15.6 Å². The fourth-order valence-electron chi connectivity index (χ4n) is 3.10. The van der Waals surface area contributed by atoms with E-state index in [4.69, 9.17) is 4.74 Å². The molecule has 0 amide bonds. The quantitative estimate of drug-likeness (QED) is 0.551. The number of nitrogens with zero attached hydrogens (tertiary/aromatic N) is 2. The first kappa shape index (κ1) is 18.5. The van der Waals surface area contributed by atoms with Gasteiger partial charge in [0.25, 0.3) is 0 Å². The van der Waals surface area contributed by atoms with Crippen molar-refractivity contribution in [2.45, 2.75) is 25.7 Å². The Labute approximate surface area is 139 Å². The molecule has 0 radical (unpaired) electrons. The number of ether oxygens (including phenoxy) is 1. The Morgan fingerprint density at radius 3 is 2.09 bits per heavy atom. The Balaban J connectivity index is 1.66. The topological polar surface area (TPSA) is 83.0 Å². The van der Waals surface area contributed by atoms with Crippen LogP contribution in [0.25, 0.3) is 0 Å². The number of guanidine groups is 1. The third-order valence-electron chi connectivity index (χ3n) is 4.72. The van der Waals surface area contributed by atoms with Gasteiger partial charge in [-0.1, -0.05) is 0 Å². The molecule has 0 atom stereocenters. The minimum atomic E-state index is -3.04. The van der Waals surface area contributed by atoms with Gasteiger partial charge in [-0.05, 0) is 37.5 Å². The molecule has 2 fully saturated rings. The molecule has 134 valence electrons. The Bertz CT molecular complexity index is 481. The predicted molar refractivity (Wildman–Crippen MR) is 92.0 cm³/mol. The summed E-state index contributed by atoms with van der Waals surface area (Å²) in [6.07, 6.45) is 5.30. The summed E-state index contributed by atoms with van der Waals surface area (Å²) in [6, 6.07) is 0. The van der Waals surface area contributed by atoms with Crippen molar-refractivity contribution in [2.24, 2.45) is 16.8 Å². The van der Waals surface area contributed by atoms with E-state index < -0.39 is 10.0 Å². The fraction of sp³-hybridized carbons (Fsp3) is 0.933. The van der Waals surface area contributed by atoms with Crippen LogP contribution in [0.5, 0.6) is 0 Å². The largest absolute Gasteiger partial charge is 0.381 e. The van der Waals surface area contributed by atoms with Crippen molar-refractivity contribution in [3.63, 3.8) is 0 Å². The summed E-state index contributed by atoms with van der Waals surface area (Å²) in [5.41, 5.74) is 0. The summed E-state index contributed by atoms with van der Waals surface area (Å²) < 4.78 is 30.0. The fourth-order valence-corrected chi connectivity index (χ4v) is 3.97. The van der Waals surface area contributed by atoms with Crippen molar-refractivity contribution in [2.75, 3.05) is 52.7 Å². The molecule has 2 aliphatic rings. The maximum absolute atomic E-state index is 11.5. The number of sulfonamides is 1. The monoisotopic (exact) mass is 346 g/mol. The molecule has 23 heavy (non-hydrogen) atoms. The van der Waals surface area contributed by atoms with Gasteiger partial charge >= 0.3 is 0 Å². The number of piperidine rings is 1. The van der Waals surface area contributed by atoms with Crippen LogP contribution in [0.2, 0.25) is 0 Å². The van der Waals surface area contributed by atoms with E-state index in [-0.39, 0.29) is 0 Å². The van der Waals surface area contributed by atoms with E-state index >= 15 is 0 Å². The van der Waals surface area contributed by atoms with Gasteiger partial charge in [-0.3, -0.25) is 4.99 Å². The zero-order valence-corrected chi connectivity index (χ0v) is 15.1. The molecule has 8 heteroatoms. The summed E-state index contributed by atoms with van der Waals surface area (Å²) in [6.45, 7) is 4.73. The molecule has 0 spiro atoms. The third-order valence-corrected chi connectivity index (χ3v) is 6.03. The molecule has 0 aromatic heterocycles. The van der Waals surface area contributed by atoms with Crippen LogP contribution in [-0.2, 0) is 14.8 Å². The second-order valence-corrected chi connectivity index (χ2v) is 8.48. The lowest BCUT2D eigenvalue weighted by molar-refractivity contribution is 0.0675. The average Bonchev–Trinajstić information content (AvgIpc) is 2.55. The second kappa shape index (κ2) is 8.84. The van der Waals surface area contributed by atoms with Gasteiger partial charge in [0, 0.05) is 46.4 Å². The number of rotatable bonds is 5. The molecule has 2 saturated heterocycles. The van der Waals surface area contributed by atoms with Crippen LogP contribution in [0, 0.1) is 11.8 Å². The van der Waals surface area contributed by atoms with Gasteiger partial charge < -0.3 is 15.4 Å². The van der Waals surface area contributed by atoms with Crippen LogP contribution in [0.15, 0.2) is 4.99 Å². The minimum Gasteiger partial charge on any atom is -0.381 e. The number of nitrogens with one attached hydrogen (secondary N) is 2. The van der Waals surface area contributed by atoms with E-state index in [9.17, 15) is 8.42 Å². The lowest BCUT2D eigenvalue weighted by Gasteiger charge is -2.30. The van der Waals surface area contributed by atoms with Gasteiger partial charge in [-0.2, -0.15) is 0 Å². The molecule has 0 aromatic carbocycles. The first-order valence-corrected chi connectivity index (χ1v) is 10.3. The van der Waals surface area contributed by atoms with E-state index in [1.807, 2.05) is 0 Å². The smallest absolute Gasteiger partial charge is 0.211 e. The van der Waals surface area contributed by atoms with E-state index in [0.717, 1.165) is 57.9 Å². The molecule has 0 unspecified atom stereocenters. The third kappa shape index (κ3) is 6.27. The normalized spacial score (nSPS) is 23.0. The number of aliphatic imine (C=N–C) groups is 1. The van der Waals surface area contributed by atoms with Gasteiger partial charge in [0.15, 0.2) is 5.96 Å². The SMILES string of the molecule is CN=C(NCC1CCOCC1)NCC1CCN(S(C)(=O)=O)CC1. The molecule has 2 aliphatic heterocycles. The highest BCUT2D eigenvalue weighted by molar-refractivity contribution is 7.88.